The lowest BCUT2D eigenvalue weighted by Gasteiger charge is -2.22. The fourth-order valence-corrected chi connectivity index (χ4v) is 4.82. The molecule has 2 N–H and O–H groups in total. The first-order valence-corrected chi connectivity index (χ1v) is 11.1. The second kappa shape index (κ2) is 7.91. The summed E-state index contributed by atoms with van der Waals surface area (Å²) in [4.78, 5) is 16.1. The Hall–Kier alpha value is -2.41. The third kappa shape index (κ3) is 3.63. The number of nitrogens with zero attached hydrogens (tertiary/aromatic N) is 2. The van der Waals surface area contributed by atoms with E-state index in [1.165, 1.54) is 19.3 Å². The lowest BCUT2D eigenvalue weighted by molar-refractivity contribution is 0.338. The molecule has 1 aliphatic carbocycles. The zero-order valence-corrected chi connectivity index (χ0v) is 17.1. The van der Waals surface area contributed by atoms with Crippen molar-refractivity contribution >= 4 is 33.2 Å². The first kappa shape index (κ1) is 18.9. The van der Waals surface area contributed by atoms with Gasteiger partial charge in [0.25, 0.3) is 5.56 Å². The predicted octanol–water partition coefficient (Wildman–Crippen LogP) is 4.49. The van der Waals surface area contributed by atoms with E-state index < -0.39 is 10.8 Å². The van der Waals surface area contributed by atoms with Crippen molar-refractivity contribution < 1.29 is 4.21 Å². The highest BCUT2D eigenvalue weighted by Gasteiger charge is 2.22. The van der Waals surface area contributed by atoms with Crippen LogP contribution in [0, 0.1) is 0 Å². The van der Waals surface area contributed by atoms with Crippen LogP contribution in [0.4, 0.5) is 11.5 Å². The van der Waals surface area contributed by atoms with Crippen LogP contribution >= 0.6 is 0 Å². The van der Waals surface area contributed by atoms with Gasteiger partial charge < -0.3 is 10.3 Å². The minimum Gasteiger partial charge on any atom is -0.338 e. The number of anilines is 2. The molecule has 148 valence electrons. The predicted molar refractivity (Wildman–Crippen MR) is 114 cm³/mol. The molecule has 0 bridgehead atoms. The Morgan fingerprint density at radius 2 is 1.86 bits per heavy atom. The second-order valence-corrected chi connectivity index (χ2v) is 9.66. The summed E-state index contributed by atoms with van der Waals surface area (Å²) in [6.45, 7) is 3.89. The van der Waals surface area contributed by atoms with Crippen molar-refractivity contribution in [1.82, 2.24) is 14.8 Å². The van der Waals surface area contributed by atoms with Crippen molar-refractivity contribution in [3.8, 4) is 0 Å². The lowest BCUT2D eigenvalue weighted by atomic mass is 9.95. The van der Waals surface area contributed by atoms with Gasteiger partial charge in [-0.3, -0.25) is 13.7 Å². The topological polar surface area (TPSA) is 79.8 Å². The van der Waals surface area contributed by atoms with E-state index in [2.05, 4.69) is 10.3 Å². The van der Waals surface area contributed by atoms with Gasteiger partial charge in [0, 0.05) is 22.0 Å². The summed E-state index contributed by atoms with van der Waals surface area (Å²) in [6, 6.07) is 9.77. The SMILES string of the molecule is CC(C)S(=O)c1ccc(Nc2nn(C3CCCCC3)c3cc[nH]c(=O)c23)cc1. The zero-order chi connectivity index (χ0) is 19.7. The van der Waals surface area contributed by atoms with E-state index in [1.807, 2.05) is 48.9 Å². The van der Waals surface area contributed by atoms with Crippen molar-refractivity contribution in [2.45, 2.75) is 62.1 Å². The first-order valence-electron chi connectivity index (χ1n) is 9.92. The van der Waals surface area contributed by atoms with Crippen LogP contribution in [0.3, 0.4) is 0 Å². The van der Waals surface area contributed by atoms with Crippen LogP contribution in [0.25, 0.3) is 10.9 Å². The molecular weight excluding hydrogens is 372 g/mol. The zero-order valence-electron chi connectivity index (χ0n) is 16.3. The molecule has 2 heterocycles. The van der Waals surface area contributed by atoms with Gasteiger partial charge in [-0.15, -0.1) is 0 Å². The number of rotatable bonds is 5. The van der Waals surface area contributed by atoms with Gasteiger partial charge in [0.2, 0.25) is 0 Å². The summed E-state index contributed by atoms with van der Waals surface area (Å²) in [6.07, 6.45) is 7.55. The molecule has 6 nitrogen and oxygen atoms in total. The van der Waals surface area contributed by atoms with Crippen LogP contribution in [-0.4, -0.2) is 24.2 Å². The van der Waals surface area contributed by atoms with Gasteiger partial charge in [-0.05, 0) is 43.2 Å². The highest BCUT2D eigenvalue weighted by molar-refractivity contribution is 7.85. The second-order valence-electron chi connectivity index (χ2n) is 7.65. The van der Waals surface area contributed by atoms with Crippen molar-refractivity contribution in [2.75, 3.05) is 5.32 Å². The number of H-pyrrole nitrogens is 1. The number of nitrogens with one attached hydrogen (secondary N) is 2. The molecule has 0 amide bonds. The number of aromatic nitrogens is 3. The Labute approximate surface area is 166 Å². The van der Waals surface area contributed by atoms with Crippen molar-refractivity contribution in [3.05, 3.63) is 46.9 Å². The van der Waals surface area contributed by atoms with Gasteiger partial charge >= 0.3 is 0 Å². The quantitative estimate of drug-likeness (QED) is 0.664. The number of aromatic amines is 1. The standard InChI is InChI=1S/C21H26N4O2S/c1-14(2)28(27)17-10-8-15(9-11-17)23-20-19-18(12-13-22-21(19)26)25(24-20)16-6-4-3-5-7-16/h8-14,16H,3-7H2,1-2H3,(H,22,26)(H,23,24). The monoisotopic (exact) mass is 398 g/mol. The molecule has 0 aliphatic heterocycles. The molecule has 2 aromatic heterocycles. The van der Waals surface area contributed by atoms with Crippen molar-refractivity contribution in [1.29, 1.82) is 0 Å². The van der Waals surface area contributed by atoms with E-state index in [1.54, 1.807) is 6.20 Å². The molecule has 3 aromatic rings. The molecule has 4 rings (SSSR count). The summed E-state index contributed by atoms with van der Waals surface area (Å²) >= 11 is 0. The minimum atomic E-state index is -1.02. The number of pyridine rings is 1. The molecule has 1 aromatic carbocycles. The lowest BCUT2D eigenvalue weighted by Crippen LogP contribution is -2.14. The Bertz CT molecular complexity index is 1050. The molecule has 7 heteroatoms. The number of hydrogen-bond acceptors (Lipinski definition) is 4. The maximum atomic E-state index is 12.5. The van der Waals surface area contributed by atoms with Crippen LogP contribution in [0.15, 0.2) is 46.2 Å². The van der Waals surface area contributed by atoms with Gasteiger partial charge in [0.05, 0.1) is 22.4 Å². The van der Waals surface area contributed by atoms with E-state index in [-0.39, 0.29) is 10.8 Å². The smallest absolute Gasteiger partial charge is 0.261 e. The summed E-state index contributed by atoms with van der Waals surface area (Å²) < 4.78 is 14.3. The molecular formula is C21H26N4O2S. The minimum absolute atomic E-state index is 0.0764. The van der Waals surface area contributed by atoms with Crippen LogP contribution < -0.4 is 10.9 Å². The average molecular weight is 399 g/mol. The van der Waals surface area contributed by atoms with Crippen molar-refractivity contribution in [2.24, 2.45) is 0 Å². The summed E-state index contributed by atoms with van der Waals surface area (Å²) in [7, 11) is -1.02. The van der Waals surface area contributed by atoms with E-state index in [0.717, 1.165) is 28.9 Å². The molecule has 0 radical (unpaired) electrons. The molecule has 1 saturated carbocycles. The first-order chi connectivity index (χ1) is 13.5. The highest BCUT2D eigenvalue weighted by atomic mass is 32.2. The fourth-order valence-electron chi connectivity index (χ4n) is 3.87. The molecule has 1 fully saturated rings. The third-order valence-corrected chi connectivity index (χ3v) is 6.92. The third-order valence-electron chi connectivity index (χ3n) is 5.33. The Balaban J connectivity index is 1.69. The highest BCUT2D eigenvalue weighted by Crippen LogP contribution is 2.32. The number of hydrogen-bond donors (Lipinski definition) is 2. The molecule has 28 heavy (non-hydrogen) atoms. The summed E-state index contributed by atoms with van der Waals surface area (Å²) in [5.74, 6) is 0.570. The molecule has 1 unspecified atom stereocenters. The van der Waals surface area contributed by atoms with Crippen LogP contribution in [0.5, 0.6) is 0 Å². The Morgan fingerprint density at radius 1 is 1.14 bits per heavy atom. The van der Waals surface area contributed by atoms with Crippen LogP contribution in [0.2, 0.25) is 0 Å². The molecule has 1 atom stereocenters. The van der Waals surface area contributed by atoms with Gasteiger partial charge in [0.15, 0.2) is 5.82 Å². The average Bonchev–Trinajstić information content (AvgIpc) is 3.08. The number of benzene rings is 1. The van der Waals surface area contributed by atoms with E-state index in [4.69, 9.17) is 5.10 Å². The molecule has 0 saturated heterocycles. The Morgan fingerprint density at radius 3 is 2.54 bits per heavy atom. The largest absolute Gasteiger partial charge is 0.338 e. The summed E-state index contributed by atoms with van der Waals surface area (Å²) in [5, 5.41) is 8.73. The summed E-state index contributed by atoms with van der Waals surface area (Å²) in [5.41, 5.74) is 1.55. The maximum Gasteiger partial charge on any atom is 0.261 e. The van der Waals surface area contributed by atoms with E-state index in [0.29, 0.717) is 17.2 Å². The maximum absolute atomic E-state index is 12.5. The molecule has 1 aliphatic rings. The van der Waals surface area contributed by atoms with E-state index >= 15 is 0 Å². The fraction of sp³-hybridized carbons (Fsp3) is 0.429. The van der Waals surface area contributed by atoms with Gasteiger partial charge in [-0.2, -0.15) is 5.10 Å². The van der Waals surface area contributed by atoms with Gasteiger partial charge in [-0.25, -0.2) is 0 Å². The van der Waals surface area contributed by atoms with Crippen LogP contribution in [-0.2, 0) is 10.8 Å². The van der Waals surface area contributed by atoms with Crippen molar-refractivity contribution in [3.63, 3.8) is 0 Å². The normalized spacial score (nSPS) is 16.5. The Kier molecular flexibility index (Phi) is 5.35. The van der Waals surface area contributed by atoms with Gasteiger partial charge in [0.1, 0.15) is 5.39 Å². The molecule has 0 spiro atoms. The van der Waals surface area contributed by atoms with Gasteiger partial charge in [-0.1, -0.05) is 33.1 Å². The van der Waals surface area contributed by atoms with Crippen LogP contribution in [0.1, 0.15) is 52.0 Å². The number of fused-ring (bicyclic) bond motifs is 1. The van der Waals surface area contributed by atoms with E-state index in [9.17, 15) is 9.00 Å².